The molecule has 0 saturated carbocycles. The lowest BCUT2D eigenvalue weighted by Crippen LogP contribution is -2.44. The van der Waals surface area contributed by atoms with Crippen LogP contribution in [0.5, 0.6) is 11.8 Å². The number of methoxy groups -OCH3 is 1. The van der Waals surface area contributed by atoms with E-state index in [0.29, 0.717) is 19.0 Å². The smallest absolute Gasteiger partial charge is 0.293 e. The summed E-state index contributed by atoms with van der Waals surface area (Å²) in [7, 11) is 1.48. The third-order valence-corrected chi connectivity index (χ3v) is 4.56. The molecule has 0 spiro atoms. The number of rotatable bonds is 4. The molecule has 0 bridgehead atoms. The second kappa shape index (κ2) is 6.72. The molecule has 8 nitrogen and oxygen atoms in total. The molecule has 2 aromatic heterocycles. The average Bonchev–Trinajstić information content (AvgIpc) is 3.28. The summed E-state index contributed by atoms with van der Waals surface area (Å²) in [4.78, 5) is 18.8. The van der Waals surface area contributed by atoms with Crippen molar-refractivity contribution in [2.24, 2.45) is 0 Å². The van der Waals surface area contributed by atoms with E-state index in [4.69, 9.17) is 18.7 Å². The number of fused-ring (bicyclic) bond motifs is 1. The van der Waals surface area contributed by atoms with Crippen molar-refractivity contribution < 1.29 is 23.5 Å². The molecule has 1 amide bonds. The molecule has 0 radical (unpaired) electrons. The molecule has 0 N–H and O–H groups in total. The van der Waals surface area contributed by atoms with Crippen molar-refractivity contribution in [2.75, 3.05) is 20.3 Å². The highest BCUT2D eigenvalue weighted by Crippen LogP contribution is 2.32. The minimum atomic E-state index is -0.269. The van der Waals surface area contributed by atoms with Gasteiger partial charge in [0.2, 0.25) is 11.6 Å². The van der Waals surface area contributed by atoms with Crippen LogP contribution in [0.4, 0.5) is 0 Å². The van der Waals surface area contributed by atoms with Crippen molar-refractivity contribution in [3.63, 3.8) is 0 Å². The third-order valence-electron chi connectivity index (χ3n) is 4.56. The second-order valence-corrected chi connectivity index (χ2v) is 6.06. The summed E-state index contributed by atoms with van der Waals surface area (Å²) in [5.74, 6) is 0.722. The monoisotopic (exact) mass is 345 g/mol. The summed E-state index contributed by atoms with van der Waals surface area (Å²) in [6.07, 6.45) is 3.00. The van der Waals surface area contributed by atoms with Gasteiger partial charge in [0.15, 0.2) is 0 Å². The van der Waals surface area contributed by atoms with Crippen LogP contribution < -0.4 is 9.47 Å². The van der Waals surface area contributed by atoms with Gasteiger partial charge < -0.3 is 23.6 Å². The van der Waals surface area contributed by atoms with Crippen LogP contribution in [0.25, 0.3) is 0 Å². The van der Waals surface area contributed by atoms with Gasteiger partial charge in [-0.2, -0.15) is 0 Å². The molecule has 0 unspecified atom stereocenters. The fourth-order valence-corrected chi connectivity index (χ4v) is 3.42. The number of amides is 1. The number of nitrogens with zero attached hydrogens (tertiary/aromatic N) is 3. The second-order valence-electron chi connectivity index (χ2n) is 6.06. The average molecular weight is 345 g/mol. The Bertz CT molecular complexity index is 735. The van der Waals surface area contributed by atoms with Crippen molar-refractivity contribution >= 4 is 5.91 Å². The first-order valence-corrected chi connectivity index (χ1v) is 8.27. The van der Waals surface area contributed by atoms with Crippen LogP contribution in [0, 0.1) is 0 Å². The largest absolute Gasteiger partial charge is 0.479 e. The SMILES string of the molecule is COc1cc(C(=O)N2C[C@H](Oc3ccccn3)[C@H]3OCCC[C@H]32)on1. The molecular weight excluding hydrogens is 326 g/mol. The van der Waals surface area contributed by atoms with Crippen LogP contribution in [0.2, 0.25) is 0 Å². The predicted octanol–water partition coefficient (Wildman–Crippen LogP) is 1.53. The molecule has 0 aliphatic carbocycles. The predicted molar refractivity (Wildman–Crippen MR) is 85.5 cm³/mol. The molecule has 25 heavy (non-hydrogen) atoms. The van der Waals surface area contributed by atoms with Gasteiger partial charge in [-0.05, 0) is 24.1 Å². The van der Waals surface area contributed by atoms with Crippen LogP contribution >= 0.6 is 0 Å². The van der Waals surface area contributed by atoms with E-state index in [0.717, 1.165) is 12.8 Å². The summed E-state index contributed by atoms with van der Waals surface area (Å²) >= 11 is 0. The molecule has 0 aromatic carbocycles. The van der Waals surface area contributed by atoms with E-state index in [9.17, 15) is 4.79 Å². The number of likely N-dealkylation sites (tertiary alicyclic amines) is 1. The van der Waals surface area contributed by atoms with Gasteiger partial charge in [-0.3, -0.25) is 4.79 Å². The van der Waals surface area contributed by atoms with Gasteiger partial charge in [-0.1, -0.05) is 6.07 Å². The van der Waals surface area contributed by atoms with Crippen LogP contribution in [-0.4, -0.2) is 59.5 Å². The number of hydrogen-bond donors (Lipinski definition) is 0. The minimum Gasteiger partial charge on any atom is -0.479 e. The summed E-state index contributed by atoms with van der Waals surface area (Å²) < 4.78 is 22.0. The zero-order valence-corrected chi connectivity index (χ0v) is 13.8. The number of carbonyl (C=O) groups is 1. The van der Waals surface area contributed by atoms with E-state index in [1.807, 2.05) is 12.1 Å². The Morgan fingerprint density at radius 1 is 1.36 bits per heavy atom. The van der Waals surface area contributed by atoms with Crippen molar-refractivity contribution in [3.8, 4) is 11.8 Å². The van der Waals surface area contributed by atoms with E-state index < -0.39 is 0 Å². The van der Waals surface area contributed by atoms with Gasteiger partial charge in [0.1, 0.15) is 12.2 Å². The summed E-state index contributed by atoms with van der Waals surface area (Å²) in [6, 6.07) is 6.93. The number of hydrogen-bond acceptors (Lipinski definition) is 7. The summed E-state index contributed by atoms with van der Waals surface area (Å²) in [6.45, 7) is 1.08. The van der Waals surface area contributed by atoms with Crippen LogP contribution in [0.3, 0.4) is 0 Å². The zero-order chi connectivity index (χ0) is 17.2. The van der Waals surface area contributed by atoms with E-state index in [-0.39, 0.29) is 35.8 Å². The maximum absolute atomic E-state index is 12.8. The number of carbonyl (C=O) groups excluding carboxylic acids is 1. The minimum absolute atomic E-state index is 0.0499. The Hall–Kier alpha value is -2.61. The Morgan fingerprint density at radius 3 is 3.04 bits per heavy atom. The Morgan fingerprint density at radius 2 is 2.28 bits per heavy atom. The molecule has 2 aromatic rings. The molecule has 2 saturated heterocycles. The fourth-order valence-electron chi connectivity index (χ4n) is 3.42. The first-order chi connectivity index (χ1) is 12.3. The molecule has 2 aliphatic heterocycles. The summed E-state index contributed by atoms with van der Waals surface area (Å²) in [5, 5.41) is 3.70. The lowest BCUT2D eigenvalue weighted by Gasteiger charge is -2.31. The van der Waals surface area contributed by atoms with E-state index in [1.54, 1.807) is 17.2 Å². The Balaban J connectivity index is 1.54. The topological polar surface area (TPSA) is 86.9 Å². The third kappa shape index (κ3) is 3.05. The van der Waals surface area contributed by atoms with Gasteiger partial charge in [-0.25, -0.2) is 4.98 Å². The Labute approximate surface area is 144 Å². The zero-order valence-electron chi connectivity index (χ0n) is 13.8. The highest BCUT2D eigenvalue weighted by Gasteiger charge is 2.48. The van der Waals surface area contributed by atoms with Crippen LogP contribution in [0.15, 0.2) is 35.0 Å². The van der Waals surface area contributed by atoms with Gasteiger partial charge in [0.05, 0.1) is 25.8 Å². The molecule has 132 valence electrons. The van der Waals surface area contributed by atoms with E-state index in [2.05, 4.69) is 10.1 Å². The molecule has 2 aliphatic rings. The van der Waals surface area contributed by atoms with Crippen molar-refractivity contribution in [2.45, 2.75) is 31.1 Å². The lowest BCUT2D eigenvalue weighted by atomic mass is 10.0. The van der Waals surface area contributed by atoms with Crippen LogP contribution in [0.1, 0.15) is 23.4 Å². The maximum atomic E-state index is 12.8. The number of ether oxygens (including phenoxy) is 3. The van der Waals surface area contributed by atoms with E-state index in [1.165, 1.54) is 13.2 Å². The number of pyridine rings is 1. The quantitative estimate of drug-likeness (QED) is 0.830. The standard InChI is InChI=1S/C17H19N3O5/c1-22-15-9-12(25-19-15)17(21)20-10-13(16-11(20)5-4-8-23-16)24-14-6-2-3-7-18-14/h2-3,6-7,9,11,13,16H,4-5,8,10H2,1H3/t11-,13+,16+/m1/s1. The highest BCUT2D eigenvalue weighted by molar-refractivity contribution is 5.92. The lowest BCUT2D eigenvalue weighted by molar-refractivity contribution is -0.0457. The molecular formula is C17H19N3O5. The fraction of sp³-hybridized carbons (Fsp3) is 0.471. The molecule has 2 fully saturated rings. The normalized spacial score (nSPS) is 25.5. The molecule has 8 heteroatoms. The van der Waals surface area contributed by atoms with Gasteiger partial charge >= 0.3 is 0 Å². The van der Waals surface area contributed by atoms with Gasteiger partial charge in [-0.15, -0.1) is 0 Å². The first-order valence-electron chi connectivity index (χ1n) is 8.27. The maximum Gasteiger partial charge on any atom is 0.293 e. The molecule has 3 atom stereocenters. The van der Waals surface area contributed by atoms with Gasteiger partial charge in [0, 0.05) is 18.9 Å². The molecule has 4 heterocycles. The Kier molecular flexibility index (Phi) is 4.27. The van der Waals surface area contributed by atoms with Crippen LogP contribution in [-0.2, 0) is 4.74 Å². The number of aromatic nitrogens is 2. The highest BCUT2D eigenvalue weighted by atomic mass is 16.6. The van der Waals surface area contributed by atoms with Crippen molar-refractivity contribution in [1.29, 1.82) is 0 Å². The summed E-state index contributed by atoms with van der Waals surface area (Å²) in [5.41, 5.74) is 0. The van der Waals surface area contributed by atoms with Crippen molar-refractivity contribution in [3.05, 3.63) is 36.2 Å². The van der Waals surface area contributed by atoms with E-state index >= 15 is 0 Å². The first kappa shape index (κ1) is 15.9. The molecule has 4 rings (SSSR count). The van der Waals surface area contributed by atoms with Crippen molar-refractivity contribution in [1.82, 2.24) is 15.0 Å². The van der Waals surface area contributed by atoms with Gasteiger partial charge in [0.25, 0.3) is 11.8 Å².